The lowest BCUT2D eigenvalue weighted by Crippen LogP contribution is -2.04. The third-order valence-electron chi connectivity index (χ3n) is 4.50. The van der Waals surface area contributed by atoms with E-state index in [1.54, 1.807) is 0 Å². The first-order chi connectivity index (χ1) is 12.2. The van der Waals surface area contributed by atoms with Crippen LogP contribution in [0.4, 0.5) is 26.3 Å². The van der Waals surface area contributed by atoms with Crippen molar-refractivity contribution in [1.82, 2.24) is 14.6 Å². The minimum absolute atomic E-state index is 0.0206. The molecule has 1 saturated carbocycles. The summed E-state index contributed by atoms with van der Waals surface area (Å²) >= 11 is 0. The first kappa shape index (κ1) is 16.9. The number of halogens is 6. The SMILES string of the molecule is Fc1c(-c2ccc(C(F)(F)F)cc2)ccn2c(CC3CC3(F)F)nnc12. The van der Waals surface area contributed by atoms with Gasteiger partial charge in [0.2, 0.25) is 0 Å². The molecule has 3 nitrogen and oxygen atoms in total. The highest BCUT2D eigenvalue weighted by Crippen LogP contribution is 2.50. The first-order valence-corrected chi connectivity index (χ1v) is 7.74. The van der Waals surface area contributed by atoms with E-state index in [-0.39, 0.29) is 35.4 Å². The summed E-state index contributed by atoms with van der Waals surface area (Å²) in [6, 6.07) is 5.43. The summed E-state index contributed by atoms with van der Waals surface area (Å²) in [7, 11) is 0. The van der Waals surface area contributed by atoms with Gasteiger partial charge in [0, 0.05) is 30.5 Å². The molecule has 1 fully saturated rings. The molecular formula is C17H11F6N3. The molecule has 26 heavy (non-hydrogen) atoms. The summed E-state index contributed by atoms with van der Waals surface area (Å²) in [6.45, 7) is 0. The summed E-state index contributed by atoms with van der Waals surface area (Å²) in [5.74, 6) is -4.09. The molecule has 2 aromatic heterocycles. The van der Waals surface area contributed by atoms with Gasteiger partial charge in [-0.25, -0.2) is 13.2 Å². The van der Waals surface area contributed by atoms with E-state index < -0.39 is 29.4 Å². The summed E-state index contributed by atoms with van der Waals surface area (Å²) in [5.41, 5.74) is -0.683. The molecule has 0 radical (unpaired) electrons. The van der Waals surface area contributed by atoms with Crippen LogP contribution in [0.15, 0.2) is 36.5 Å². The predicted molar refractivity (Wildman–Crippen MR) is 80.1 cm³/mol. The van der Waals surface area contributed by atoms with Crippen LogP contribution in [0, 0.1) is 11.7 Å². The summed E-state index contributed by atoms with van der Waals surface area (Å²) in [5, 5.41) is 7.48. The topological polar surface area (TPSA) is 30.2 Å². The van der Waals surface area contributed by atoms with Crippen molar-refractivity contribution in [1.29, 1.82) is 0 Å². The van der Waals surface area contributed by atoms with E-state index in [1.165, 1.54) is 28.8 Å². The lowest BCUT2D eigenvalue weighted by Gasteiger charge is -2.09. The van der Waals surface area contributed by atoms with Crippen molar-refractivity contribution >= 4 is 5.65 Å². The molecule has 1 aliphatic carbocycles. The van der Waals surface area contributed by atoms with Crippen molar-refractivity contribution in [3.8, 4) is 11.1 Å². The van der Waals surface area contributed by atoms with Crippen LogP contribution in [0.25, 0.3) is 16.8 Å². The van der Waals surface area contributed by atoms with Gasteiger partial charge in [0.25, 0.3) is 5.92 Å². The Kier molecular flexibility index (Phi) is 3.54. The van der Waals surface area contributed by atoms with Crippen LogP contribution in [0.5, 0.6) is 0 Å². The normalized spacial score (nSPS) is 19.1. The van der Waals surface area contributed by atoms with Gasteiger partial charge in [-0.15, -0.1) is 10.2 Å². The Bertz CT molecular complexity index is 975. The standard InChI is InChI=1S/C17H11F6N3/c18-14-12(9-1-3-10(4-2-9)17(21,22)23)5-6-26-13(24-25-15(14)26)7-11-8-16(11,19)20/h1-6,11H,7-8H2. The Morgan fingerprint density at radius 1 is 1.08 bits per heavy atom. The van der Waals surface area contributed by atoms with Crippen LogP contribution in [0.1, 0.15) is 17.8 Å². The van der Waals surface area contributed by atoms with Gasteiger partial charge in [-0.2, -0.15) is 13.2 Å². The molecule has 0 N–H and O–H groups in total. The fourth-order valence-electron chi connectivity index (χ4n) is 2.89. The molecule has 0 saturated heterocycles. The maximum atomic E-state index is 14.7. The number of fused-ring (bicyclic) bond motifs is 1. The Balaban J connectivity index is 1.68. The molecule has 0 spiro atoms. The summed E-state index contributed by atoms with van der Waals surface area (Å²) in [6.07, 6.45) is -3.30. The molecular weight excluding hydrogens is 360 g/mol. The third-order valence-corrected chi connectivity index (χ3v) is 4.50. The molecule has 4 rings (SSSR count). The average Bonchev–Trinajstić information content (AvgIpc) is 2.98. The molecule has 0 bridgehead atoms. The van der Waals surface area contributed by atoms with E-state index in [0.29, 0.717) is 0 Å². The molecule has 3 aromatic rings. The molecule has 1 aliphatic rings. The van der Waals surface area contributed by atoms with E-state index in [2.05, 4.69) is 10.2 Å². The number of benzene rings is 1. The minimum Gasteiger partial charge on any atom is -0.284 e. The van der Waals surface area contributed by atoms with E-state index in [9.17, 15) is 26.3 Å². The maximum Gasteiger partial charge on any atom is 0.416 e. The van der Waals surface area contributed by atoms with Crippen LogP contribution < -0.4 is 0 Å². The highest BCUT2D eigenvalue weighted by molar-refractivity contribution is 5.68. The van der Waals surface area contributed by atoms with Gasteiger partial charge in [0.1, 0.15) is 5.82 Å². The van der Waals surface area contributed by atoms with Crippen LogP contribution >= 0.6 is 0 Å². The molecule has 0 amide bonds. The zero-order valence-electron chi connectivity index (χ0n) is 13.1. The highest BCUT2D eigenvalue weighted by atomic mass is 19.4. The smallest absolute Gasteiger partial charge is 0.284 e. The van der Waals surface area contributed by atoms with Gasteiger partial charge in [-0.1, -0.05) is 12.1 Å². The maximum absolute atomic E-state index is 14.7. The highest BCUT2D eigenvalue weighted by Gasteiger charge is 2.56. The number of rotatable bonds is 3. The lowest BCUT2D eigenvalue weighted by molar-refractivity contribution is -0.137. The van der Waals surface area contributed by atoms with Crippen LogP contribution in [-0.4, -0.2) is 20.5 Å². The number of hydrogen-bond acceptors (Lipinski definition) is 2. The predicted octanol–water partition coefficient (Wildman–Crippen LogP) is 4.75. The van der Waals surface area contributed by atoms with Crippen LogP contribution in [-0.2, 0) is 12.6 Å². The minimum atomic E-state index is -4.48. The number of aromatic nitrogens is 3. The van der Waals surface area contributed by atoms with Crippen molar-refractivity contribution in [3.63, 3.8) is 0 Å². The number of nitrogens with zero attached hydrogens (tertiary/aromatic N) is 3. The fourth-order valence-corrected chi connectivity index (χ4v) is 2.89. The molecule has 1 unspecified atom stereocenters. The van der Waals surface area contributed by atoms with Gasteiger partial charge in [-0.05, 0) is 23.8 Å². The number of pyridine rings is 1. The van der Waals surface area contributed by atoms with E-state index in [0.717, 1.165) is 12.1 Å². The molecule has 136 valence electrons. The Hall–Kier alpha value is -2.58. The van der Waals surface area contributed by atoms with E-state index in [4.69, 9.17) is 0 Å². The second-order valence-corrected chi connectivity index (χ2v) is 6.29. The third kappa shape index (κ3) is 2.81. The van der Waals surface area contributed by atoms with Crippen molar-refractivity contribution in [2.45, 2.75) is 24.9 Å². The fraction of sp³-hybridized carbons (Fsp3) is 0.294. The van der Waals surface area contributed by atoms with Gasteiger partial charge < -0.3 is 0 Å². The van der Waals surface area contributed by atoms with Crippen molar-refractivity contribution in [3.05, 3.63) is 53.7 Å². The van der Waals surface area contributed by atoms with Gasteiger partial charge >= 0.3 is 6.18 Å². The van der Waals surface area contributed by atoms with Crippen LogP contribution in [0.3, 0.4) is 0 Å². The molecule has 0 aliphatic heterocycles. The van der Waals surface area contributed by atoms with E-state index >= 15 is 0 Å². The second-order valence-electron chi connectivity index (χ2n) is 6.29. The monoisotopic (exact) mass is 371 g/mol. The Morgan fingerprint density at radius 3 is 2.31 bits per heavy atom. The Morgan fingerprint density at radius 2 is 1.73 bits per heavy atom. The molecule has 9 heteroatoms. The molecule has 2 heterocycles. The Labute approximate surface area is 143 Å². The quantitative estimate of drug-likeness (QED) is 0.622. The van der Waals surface area contributed by atoms with Crippen molar-refractivity contribution in [2.75, 3.05) is 0 Å². The number of alkyl halides is 5. The molecule has 1 atom stereocenters. The zero-order valence-corrected chi connectivity index (χ0v) is 13.1. The summed E-state index contributed by atoms with van der Waals surface area (Å²) in [4.78, 5) is 0. The van der Waals surface area contributed by atoms with Gasteiger partial charge in [0.15, 0.2) is 11.5 Å². The second kappa shape index (κ2) is 5.46. The first-order valence-electron chi connectivity index (χ1n) is 7.74. The van der Waals surface area contributed by atoms with Crippen molar-refractivity contribution < 1.29 is 26.3 Å². The van der Waals surface area contributed by atoms with Crippen LogP contribution in [0.2, 0.25) is 0 Å². The van der Waals surface area contributed by atoms with Gasteiger partial charge in [-0.3, -0.25) is 4.40 Å². The zero-order chi connectivity index (χ0) is 18.7. The molecule has 1 aromatic carbocycles. The average molecular weight is 371 g/mol. The summed E-state index contributed by atoms with van der Waals surface area (Å²) < 4.78 is 80.0. The number of hydrogen-bond donors (Lipinski definition) is 0. The van der Waals surface area contributed by atoms with Gasteiger partial charge in [0.05, 0.1) is 5.56 Å². The van der Waals surface area contributed by atoms with Crippen molar-refractivity contribution in [2.24, 2.45) is 5.92 Å². The largest absolute Gasteiger partial charge is 0.416 e. The lowest BCUT2D eigenvalue weighted by atomic mass is 10.0. The van der Waals surface area contributed by atoms with E-state index in [1.807, 2.05) is 0 Å².